The van der Waals surface area contributed by atoms with Gasteiger partial charge >= 0.3 is 35.7 Å². The van der Waals surface area contributed by atoms with Crippen LogP contribution in [0.15, 0.2) is 17.0 Å². The number of ether oxygens (including phenoxy) is 1. The molecular weight excluding hydrogens is 284 g/mol. The third kappa shape index (κ3) is 3.61. The summed E-state index contributed by atoms with van der Waals surface area (Å²) in [6, 6.07) is 1.58. The molecule has 0 aliphatic heterocycles. The Hall–Kier alpha value is -0.280. The Bertz CT molecular complexity index is 539. The molecule has 96 valence electrons. The Morgan fingerprint density at radius 3 is 2.11 bits per heavy atom. The summed E-state index contributed by atoms with van der Waals surface area (Å²) in [6.07, 6.45) is -4.94. The fourth-order valence-corrected chi connectivity index (χ4v) is 2.31. The van der Waals surface area contributed by atoms with E-state index in [1.807, 2.05) is 0 Å². The number of alkyl halides is 3. The summed E-state index contributed by atoms with van der Waals surface area (Å²) >= 11 is 0. The van der Waals surface area contributed by atoms with Crippen LogP contribution >= 0.6 is 0 Å². The zero-order valence-electron chi connectivity index (χ0n) is 9.83. The second-order valence-electron chi connectivity index (χ2n) is 3.24. The first kappa shape index (κ1) is 17.7. The standard InChI is InChI=1S/C9H9F3O4S.Na/c1-5-3-4-6(9(10,11)12)8(7(5)16-2)17(13,14)15;/h3-4H,1-2H3,(H,13,14,15);/q;+1/p-1. The monoisotopic (exact) mass is 292 g/mol. The number of hydrogen-bond acceptors (Lipinski definition) is 4. The Kier molecular flexibility index (Phi) is 5.70. The molecule has 1 rings (SSSR count). The van der Waals surface area contributed by atoms with E-state index in [4.69, 9.17) is 0 Å². The summed E-state index contributed by atoms with van der Waals surface area (Å²) in [6.45, 7) is 1.34. The van der Waals surface area contributed by atoms with Crippen molar-refractivity contribution < 1.29 is 60.4 Å². The molecule has 0 saturated carbocycles. The Morgan fingerprint density at radius 2 is 1.78 bits per heavy atom. The Labute approximate surface area is 124 Å². The van der Waals surface area contributed by atoms with Gasteiger partial charge in [-0.05, 0) is 18.6 Å². The fourth-order valence-electron chi connectivity index (χ4n) is 1.39. The zero-order chi connectivity index (χ0) is 13.4. The molecule has 0 bridgehead atoms. The van der Waals surface area contributed by atoms with Gasteiger partial charge in [0.05, 0.1) is 12.7 Å². The molecule has 0 fully saturated rings. The second kappa shape index (κ2) is 5.79. The van der Waals surface area contributed by atoms with Crippen LogP contribution in [0.4, 0.5) is 13.2 Å². The topological polar surface area (TPSA) is 66.4 Å². The van der Waals surface area contributed by atoms with Crippen LogP contribution in [0.25, 0.3) is 0 Å². The minimum Gasteiger partial charge on any atom is -0.744 e. The molecule has 0 heterocycles. The van der Waals surface area contributed by atoms with Crippen LogP contribution in [0.1, 0.15) is 11.1 Å². The third-order valence-electron chi connectivity index (χ3n) is 2.07. The molecule has 0 unspecified atom stereocenters. The van der Waals surface area contributed by atoms with Gasteiger partial charge in [-0.25, -0.2) is 8.42 Å². The van der Waals surface area contributed by atoms with E-state index in [-0.39, 0.29) is 35.1 Å². The molecular formula is C9H8F3NaO4S. The van der Waals surface area contributed by atoms with Gasteiger partial charge in [0.1, 0.15) is 20.8 Å². The molecule has 0 aromatic heterocycles. The smallest absolute Gasteiger partial charge is 0.744 e. The van der Waals surface area contributed by atoms with Crippen molar-refractivity contribution >= 4 is 10.1 Å². The van der Waals surface area contributed by atoms with Gasteiger partial charge in [-0.2, -0.15) is 13.2 Å². The maximum Gasteiger partial charge on any atom is 1.00 e. The van der Waals surface area contributed by atoms with Crippen molar-refractivity contribution in [3.05, 3.63) is 23.3 Å². The average molecular weight is 292 g/mol. The predicted octanol–water partition coefficient (Wildman–Crippen LogP) is -1.07. The summed E-state index contributed by atoms with van der Waals surface area (Å²) < 4.78 is 75.0. The second-order valence-corrected chi connectivity index (χ2v) is 4.56. The van der Waals surface area contributed by atoms with Gasteiger partial charge in [0.15, 0.2) is 0 Å². The number of hydrogen-bond donors (Lipinski definition) is 0. The SMILES string of the molecule is COc1c(C)ccc(C(F)(F)F)c1S(=O)(=O)[O-].[Na+]. The summed E-state index contributed by atoms with van der Waals surface area (Å²) in [5.74, 6) is -0.574. The number of rotatable bonds is 2. The maximum atomic E-state index is 12.6. The number of benzene rings is 1. The molecule has 0 aliphatic carbocycles. The predicted molar refractivity (Wildman–Crippen MR) is 50.7 cm³/mol. The van der Waals surface area contributed by atoms with Crippen molar-refractivity contribution in [3.8, 4) is 5.75 Å². The Balaban J connectivity index is 0.00000289. The molecule has 4 nitrogen and oxygen atoms in total. The molecule has 0 atom stereocenters. The summed E-state index contributed by atoms with van der Waals surface area (Å²) in [7, 11) is -4.28. The Morgan fingerprint density at radius 1 is 1.28 bits per heavy atom. The molecule has 1 aromatic carbocycles. The zero-order valence-corrected chi connectivity index (χ0v) is 12.6. The van der Waals surface area contributed by atoms with E-state index in [0.717, 1.165) is 13.2 Å². The number of aryl methyl sites for hydroxylation is 1. The first-order valence-corrected chi connectivity index (χ1v) is 5.70. The van der Waals surface area contributed by atoms with Crippen LogP contribution in [0.2, 0.25) is 0 Å². The van der Waals surface area contributed by atoms with Crippen molar-refractivity contribution in [2.45, 2.75) is 18.0 Å². The van der Waals surface area contributed by atoms with Gasteiger partial charge in [-0.3, -0.25) is 0 Å². The quantitative estimate of drug-likeness (QED) is 0.514. The molecule has 0 N–H and O–H groups in total. The van der Waals surface area contributed by atoms with Crippen molar-refractivity contribution in [3.63, 3.8) is 0 Å². The van der Waals surface area contributed by atoms with Crippen molar-refractivity contribution in [1.29, 1.82) is 0 Å². The molecule has 0 aliphatic rings. The van der Waals surface area contributed by atoms with Crippen LogP contribution in [0.5, 0.6) is 5.75 Å². The van der Waals surface area contributed by atoms with Gasteiger partial charge in [0.25, 0.3) is 0 Å². The van der Waals surface area contributed by atoms with Gasteiger partial charge in [0.2, 0.25) is 0 Å². The van der Waals surface area contributed by atoms with Crippen LogP contribution in [-0.2, 0) is 16.3 Å². The molecule has 0 radical (unpaired) electrons. The molecule has 18 heavy (non-hydrogen) atoms. The normalized spacial score (nSPS) is 11.9. The van der Waals surface area contributed by atoms with Gasteiger partial charge in [-0.1, -0.05) is 6.07 Å². The van der Waals surface area contributed by atoms with E-state index in [1.165, 1.54) is 6.92 Å². The molecule has 1 aromatic rings. The fraction of sp³-hybridized carbons (Fsp3) is 0.333. The van der Waals surface area contributed by atoms with Crippen molar-refractivity contribution in [2.75, 3.05) is 7.11 Å². The van der Waals surface area contributed by atoms with E-state index >= 15 is 0 Å². The van der Waals surface area contributed by atoms with E-state index in [2.05, 4.69) is 4.74 Å². The maximum absolute atomic E-state index is 12.6. The minimum atomic E-state index is -5.28. The van der Waals surface area contributed by atoms with Crippen LogP contribution < -0.4 is 34.3 Å². The largest absolute Gasteiger partial charge is 1.00 e. The van der Waals surface area contributed by atoms with Gasteiger partial charge < -0.3 is 9.29 Å². The van der Waals surface area contributed by atoms with Crippen LogP contribution in [0.3, 0.4) is 0 Å². The van der Waals surface area contributed by atoms with E-state index in [1.54, 1.807) is 0 Å². The molecule has 0 amide bonds. The number of methoxy groups -OCH3 is 1. The molecule has 0 spiro atoms. The first-order valence-electron chi connectivity index (χ1n) is 4.29. The summed E-state index contributed by atoms with van der Waals surface area (Å²) in [5, 5.41) is 0. The first-order chi connectivity index (χ1) is 7.59. The van der Waals surface area contributed by atoms with Crippen molar-refractivity contribution in [1.82, 2.24) is 0 Å². The van der Waals surface area contributed by atoms with Gasteiger partial charge in [0, 0.05) is 0 Å². The number of halogens is 3. The van der Waals surface area contributed by atoms with Crippen molar-refractivity contribution in [2.24, 2.45) is 0 Å². The summed E-state index contributed by atoms with van der Waals surface area (Å²) in [5.41, 5.74) is -1.38. The summed E-state index contributed by atoms with van der Waals surface area (Å²) in [4.78, 5) is -1.37. The van der Waals surface area contributed by atoms with E-state index in [0.29, 0.717) is 6.07 Å². The van der Waals surface area contributed by atoms with Crippen LogP contribution in [-0.4, -0.2) is 20.1 Å². The molecule has 0 saturated heterocycles. The molecule has 9 heteroatoms. The van der Waals surface area contributed by atoms with E-state index < -0.39 is 32.5 Å². The van der Waals surface area contributed by atoms with Crippen LogP contribution in [0, 0.1) is 6.92 Å². The van der Waals surface area contributed by atoms with Gasteiger partial charge in [-0.15, -0.1) is 0 Å². The third-order valence-corrected chi connectivity index (χ3v) is 2.97. The average Bonchev–Trinajstić information content (AvgIpc) is 2.13. The van der Waals surface area contributed by atoms with E-state index in [9.17, 15) is 26.1 Å². The minimum absolute atomic E-state index is 0.